The third-order valence-electron chi connectivity index (χ3n) is 6.83. The minimum atomic E-state index is 0.0147. The number of benzene rings is 3. The molecule has 0 amide bonds. The van der Waals surface area contributed by atoms with Crippen LogP contribution in [-0.2, 0) is 19.6 Å². The molecule has 0 spiro atoms. The molecule has 0 bridgehead atoms. The van der Waals surface area contributed by atoms with Gasteiger partial charge in [-0.15, -0.1) is 0 Å². The number of fused-ring (bicyclic) bond motifs is 1. The fourth-order valence-electron chi connectivity index (χ4n) is 5.00. The fraction of sp³-hybridized carbons (Fsp3) is 0.267. The third-order valence-corrected chi connectivity index (χ3v) is 6.83. The lowest BCUT2D eigenvalue weighted by atomic mass is 10.0. The molecule has 36 heavy (non-hydrogen) atoms. The highest BCUT2D eigenvalue weighted by molar-refractivity contribution is 5.63. The van der Waals surface area contributed by atoms with Crippen LogP contribution in [0.4, 0.5) is 11.6 Å². The van der Waals surface area contributed by atoms with Crippen molar-refractivity contribution in [1.29, 1.82) is 0 Å². The molecule has 2 heterocycles. The molecule has 5 rings (SSSR count). The summed E-state index contributed by atoms with van der Waals surface area (Å²) in [6.45, 7) is 7.88. The van der Waals surface area contributed by atoms with E-state index in [0.29, 0.717) is 32.3 Å². The molecule has 0 radical (unpaired) electrons. The van der Waals surface area contributed by atoms with Gasteiger partial charge in [0.15, 0.2) is 0 Å². The largest absolute Gasteiger partial charge is 0.496 e. The molecule has 1 aromatic heterocycles. The van der Waals surface area contributed by atoms with Crippen molar-refractivity contribution >= 4 is 11.6 Å². The minimum absolute atomic E-state index is 0.0147. The summed E-state index contributed by atoms with van der Waals surface area (Å²) >= 11 is 0. The molecular formula is C30H32N4O2. The summed E-state index contributed by atoms with van der Waals surface area (Å²) in [4.78, 5) is 23.3. The molecule has 3 aromatic carbocycles. The van der Waals surface area contributed by atoms with E-state index in [1.165, 1.54) is 5.56 Å². The second-order valence-corrected chi connectivity index (χ2v) is 9.51. The second-order valence-electron chi connectivity index (χ2n) is 9.51. The topological polar surface area (TPSA) is 50.6 Å². The highest BCUT2D eigenvalue weighted by Gasteiger charge is 2.29. The van der Waals surface area contributed by atoms with Crippen molar-refractivity contribution in [3.05, 3.63) is 117 Å². The summed E-state index contributed by atoms with van der Waals surface area (Å²) in [5.41, 5.74) is 7.14. The first kappa shape index (κ1) is 23.8. The zero-order valence-electron chi connectivity index (χ0n) is 21.4. The lowest BCUT2D eigenvalue weighted by Gasteiger charge is -2.39. The van der Waals surface area contributed by atoms with Gasteiger partial charge in [0.25, 0.3) is 5.56 Å². The van der Waals surface area contributed by atoms with Crippen molar-refractivity contribution < 1.29 is 4.74 Å². The molecule has 1 aliphatic heterocycles. The number of hydrogen-bond acceptors (Lipinski definition) is 5. The van der Waals surface area contributed by atoms with Crippen molar-refractivity contribution in [2.45, 2.75) is 40.4 Å². The molecule has 0 aliphatic carbocycles. The first-order chi connectivity index (χ1) is 17.4. The van der Waals surface area contributed by atoms with Crippen LogP contribution in [0.5, 0.6) is 5.75 Å². The molecule has 6 nitrogen and oxygen atoms in total. The second kappa shape index (κ2) is 9.99. The Morgan fingerprint density at radius 2 is 1.67 bits per heavy atom. The number of para-hydroxylation sites is 1. The number of anilines is 2. The van der Waals surface area contributed by atoms with Crippen LogP contribution in [0, 0.1) is 20.8 Å². The van der Waals surface area contributed by atoms with Gasteiger partial charge in [-0.25, -0.2) is 4.98 Å². The van der Waals surface area contributed by atoms with Gasteiger partial charge in [-0.05, 0) is 44.0 Å². The van der Waals surface area contributed by atoms with Gasteiger partial charge in [0.2, 0.25) is 5.95 Å². The van der Waals surface area contributed by atoms with Crippen LogP contribution >= 0.6 is 0 Å². The van der Waals surface area contributed by atoms with Crippen LogP contribution < -0.4 is 15.2 Å². The normalized spacial score (nSPS) is 13.5. The summed E-state index contributed by atoms with van der Waals surface area (Å²) in [6.07, 6.45) is 0.564. The maximum absolute atomic E-state index is 13.9. The minimum Gasteiger partial charge on any atom is -0.496 e. The first-order valence-electron chi connectivity index (χ1n) is 12.3. The summed E-state index contributed by atoms with van der Waals surface area (Å²) in [5.74, 6) is 1.54. The van der Waals surface area contributed by atoms with Crippen molar-refractivity contribution in [3.8, 4) is 5.75 Å². The number of nitrogens with zero attached hydrogens (tertiary/aromatic N) is 4. The van der Waals surface area contributed by atoms with E-state index in [-0.39, 0.29) is 5.56 Å². The van der Waals surface area contributed by atoms with Gasteiger partial charge in [-0.2, -0.15) is 0 Å². The van der Waals surface area contributed by atoms with Gasteiger partial charge < -0.3 is 4.74 Å². The Hall–Kier alpha value is -3.90. The van der Waals surface area contributed by atoms with Gasteiger partial charge in [0.05, 0.1) is 26.1 Å². The molecule has 6 heteroatoms. The van der Waals surface area contributed by atoms with E-state index in [2.05, 4.69) is 60.0 Å². The van der Waals surface area contributed by atoms with Gasteiger partial charge in [-0.3, -0.25) is 19.2 Å². The number of methoxy groups -OCH3 is 1. The molecule has 0 fully saturated rings. The quantitative estimate of drug-likeness (QED) is 0.373. The van der Waals surface area contributed by atoms with Crippen LogP contribution in [0.2, 0.25) is 0 Å². The molecule has 0 unspecified atom stereocenters. The SMILES string of the molecule is COc1ccccc1CN1CN(c2ccc(C)cc2C)c2nc(C)c(Cc3ccccc3)c(=O)n2C1. The number of ether oxygens (including phenoxy) is 1. The van der Waals surface area contributed by atoms with E-state index in [1.807, 2.05) is 47.9 Å². The Labute approximate surface area is 212 Å². The van der Waals surface area contributed by atoms with Gasteiger partial charge in [-0.1, -0.05) is 66.2 Å². The predicted molar refractivity (Wildman–Crippen MR) is 144 cm³/mol. The number of aryl methyl sites for hydroxylation is 3. The van der Waals surface area contributed by atoms with E-state index in [0.717, 1.165) is 39.4 Å². The average Bonchev–Trinajstić information content (AvgIpc) is 2.88. The smallest absolute Gasteiger partial charge is 0.259 e. The summed E-state index contributed by atoms with van der Waals surface area (Å²) in [5, 5.41) is 0. The number of rotatable bonds is 6. The van der Waals surface area contributed by atoms with Gasteiger partial charge in [0, 0.05) is 29.8 Å². The first-order valence-corrected chi connectivity index (χ1v) is 12.3. The predicted octanol–water partition coefficient (Wildman–Crippen LogP) is 5.34. The van der Waals surface area contributed by atoms with Crippen molar-refractivity contribution in [1.82, 2.24) is 14.5 Å². The Morgan fingerprint density at radius 1 is 0.917 bits per heavy atom. The molecule has 0 N–H and O–H groups in total. The maximum atomic E-state index is 13.9. The van der Waals surface area contributed by atoms with E-state index in [4.69, 9.17) is 9.72 Å². The summed E-state index contributed by atoms with van der Waals surface area (Å²) in [7, 11) is 1.69. The Bertz CT molecular complexity index is 1450. The molecule has 0 atom stereocenters. The Balaban J connectivity index is 1.60. The standard InChI is InChI=1S/C30H32N4O2/c1-21-14-15-27(22(2)16-21)33-19-32(18-25-12-8-9-13-28(25)36-4)20-34-29(35)26(23(3)31-30(33)34)17-24-10-6-5-7-11-24/h5-16H,17-20H2,1-4H3. The molecule has 184 valence electrons. The summed E-state index contributed by atoms with van der Waals surface area (Å²) in [6, 6.07) is 24.6. The van der Waals surface area contributed by atoms with Gasteiger partial charge in [0.1, 0.15) is 5.75 Å². The molecule has 0 saturated heterocycles. The van der Waals surface area contributed by atoms with E-state index in [9.17, 15) is 4.79 Å². The van der Waals surface area contributed by atoms with Crippen molar-refractivity contribution in [3.63, 3.8) is 0 Å². The number of aromatic nitrogens is 2. The zero-order valence-corrected chi connectivity index (χ0v) is 21.4. The fourth-order valence-corrected chi connectivity index (χ4v) is 5.00. The van der Waals surface area contributed by atoms with Crippen LogP contribution in [0.25, 0.3) is 0 Å². The van der Waals surface area contributed by atoms with Crippen molar-refractivity contribution in [2.75, 3.05) is 18.7 Å². The van der Waals surface area contributed by atoms with Crippen LogP contribution in [0.1, 0.15) is 33.5 Å². The molecule has 1 aliphatic rings. The lowest BCUT2D eigenvalue weighted by Crippen LogP contribution is -2.47. The van der Waals surface area contributed by atoms with E-state index < -0.39 is 0 Å². The van der Waals surface area contributed by atoms with Gasteiger partial charge >= 0.3 is 0 Å². The lowest BCUT2D eigenvalue weighted by molar-refractivity contribution is 0.187. The third kappa shape index (κ3) is 4.64. The highest BCUT2D eigenvalue weighted by atomic mass is 16.5. The average molecular weight is 481 g/mol. The number of hydrogen-bond donors (Lipinski definition) is 0. The van der Waals surface area contributed by atoms with Crippen LogP contribution in [0.15, 0.2) is 77.6 Å². The highest BCUT2D eigenvalue weighted by Crippen LogP contribution is 2.32. The summed E-state index contributed by atoms with van der Waals surface area (Å²) < 4.78 is 7.43. The zero-order chi connectivity index (χ0) is 25.2. The molecule has 0 saturated carbocycles. The van der Waals surface area contributed by atoms with Crippen molar-refractivity contribution in [2.24, 2.45) is 0 Å². The van der Waals surface area contributed by atoms with E-state index in [1.54, 1.807) is 7.11 Å². The Kier molecular flexibility index (Phi) is 6.61. The van der Waals surface area contributed by atoms with Crippen LogP contribution in [-0.4, -0.2) is 28.2 Å². The Morgan fingerprint density at radius 3 is 2.42 bits per heavy atom. The monoisotopic (exact) mass is 480 g/mol. The molecule has 4 aromatic rings. The maximum Gasteiger partial charge on any atom is 0.259 e. The van der Waals surface area contributed by atoms with Crippen LogP contribution in [0.3, 0.4) is 0 Å². The van der Waals surface area contributed by atoms with E-state index >= 15 is 0 Å². The molecular weight excluding hydrogens is 448 g/mol.